The Hall–Kier alpha value is -2.60. The van der Waals surface area contributed by atoms with Gasteiger partial charge in [0.25, 0.3) is 0 Å². The average molecular weight is 330 g/mol. The number of phenols is 1. The van der Waals surface area contributed by atoms with Crippen molar-refractivity contribution in [2.75, 3.05) is 0 Å². The summed E-state index contributed by atoms with van der Waals surface area (Å²) >= 11 is 1.49. The Bertz CT molecular complexity index is 909. The van der Waals surface area contributed by atoms with Gasteiger partial charge in [0.15, 0.2) is 0 Å². The van der Waals surface area contributed by atoms with Crippen molar-refractivity contribution in [3.8, 4) is 5.75 Å². The minimum atomic E-state index is -0.546. The molecule has 3 rings (SSSR count). The second-order valence-electron chi connectivity index (χ2n) is 5.09. The molecule has 0 aliphatic rings. The Kier molecular flexibility index (Phi) is 4.16. The zero-order chi connectivity index (χ0) is 16.4. The topological polar surface area (TPSA) is 76.7 Å². The van der Waals surface area contributed by atoms with Gasteiger partial charge in [-0.1, -0.05) is 6.07 Å². The molecule has 0 bridgehead atoms. The standard InChI is InChI=1S/C17H14O5S/c1-10-14(18)5-4-13-11(7-16(20)22-17(10)13)9-21-15(19)8-12-3-2-6-23-12/h2-7,18H,8-9H2,1H3. The van der Waals surface area contributed by atoms with Crippen LogP contribution >= 0.6 is 11.3 Å². The first-order valence-corrected chi connectivity index (χ1v) is 7.86. The highest BCUT2D eigenvalue weighted by Crippen LogP contribution is 2.27. The van der Waals surface area contributed by atoms with Gasteiger partial charge < -0.3 is 14.3 Å². The maximum absolute atomic E-state index is 11.9. The van der Waals surface area contributed by atoms with Crippen molar-refractivity contribution in [1.29, 1.82) is 0 Å². The van der Waals surface area contributed by atoms with Crippen molar-refractivity contribution in [2.24, 2.45) is 0 Å². The lowest BCUT2D eigenvalue weighted by Gasteiger charge is -2.09. The monoisotopic (exact) mass is 330 g/mol. The number of carbonyl (C=O) groups is 1. The molecule has 2 aromatic heterocycles. The van der Waals surface area contributed by atoms with Crippen molar-refractivity contribution < 1.29 is 19.1 Å². The zero-order valence-electron chi connectivity index (χ0n) is 12.4. The summed E-state index contributed by atoms with van der Waals surface area (Å²) in [6.45, 7) is 1.64. The fraction of sp³-hybridized carbons (Fsp3) is 0.176. The molecule has 5 nitrogen and oxygen atoms in total. The third kappa shape index (κ3) is 3.27. The lowest BCUT2D eigenvalue weighted by atomic mass is 10.1. The van der Waals surface area contributed by atoms with Crippen molar-refractivity contribution in [3.05, 3.63) is 62.1 Å². The number of thiophene rings is 1. The molecule has 0 fully saturated rings. The zero-order valence-corrected chi connectivity index (χ0v) is 13.2. The van der Waals surface area contributed by atoms with E-state index in [0.717, 1.165) is 4.88 Å². The number of phenolic OH excluding ortho intramolecular Hbond substituents is 1. The summed E-state index contributed by atoms with van der Waals surface area (Å²) < 4.78 is 10.4. The number of aromatic hydroxyl groups is 1. The van der Waals surface area contributed by atoms with Gasteiger partial charge in [0.2, 0.25) is 0 Å². The van der Waals surface area contributed by atoms with E-state index < -0.39 is 5.63 Å². The van der Waals surface area contributed by atoms with E-state index in [-0.39, 0.29) is 24.7 Å². The molecule has 0 radical (unpaired) electrons. The van der Waals surface area contributed by atoms with E-state index in [1.165, 1.54) is 23.5 Å². The Balaban J connectivity index is 1.84. The van der Waals surface area contributed by atoms with Crippen LogP contribution in [-0.4, -0.2) is 11.1 Å². The molecule has 0 atom stereocenters. The third-order valence-electron chi connectivity index (χ3n) is 3.51. The van der Waals surface area contributed by atoms with Gasteiger partial charge in [-0.3, -0.25) is 4.79 Å². The Morgan fingerprint density at radius 1 is 1.35 bits per heavy atom. The van der Waals surface area contributed by atoms with E-state index in [0.29, 0.717) is 22.1 Å². The van der Waals surface area contributed by atoms with E-state index in [1.807, 2.05) is 17.5 Å². The minimum absolute atomic E-state index is 0.0173. The maximum Gasteiger partial charge on any atom is 0.336 e. The number of rotatable bonds is 4. The van der Waals surface area contributed by atoms with Gasteiger partial charge in [-0.05, 0) is 30.5 Å². The van der Waals surface area contributed by atoms with Crippen LogP contribution in [0, 0.1) is 6.92 Å². The summed E-state index contributed by atoms with van der Waals surface area (Å²) in [6.07, 6.45) is 0.205. The molecule has 1 aromatic carbocycles. The summed E-state index contributed by atoms with van der Waals surface area (Å²) in [5, 5.41) is 12.3. The van der Waals surface area contributed by atoms with Crippen LogP contribution in [0.3, 0.4) is 0 Å². The van der Waals surface area contributed by atoms with Crippen LogP contribution in [0.15, 0.2) is 44.9 Å². The van der Waals surface area contributed by atoms with Gasteiger partial charge in [0.1, 0.15) is 17.9 Å². The summed E-state index contributed by atoms with van der Waals surface area (Å²) in [6, 6.07) is 8.21. The highest BCUT2D eigenvalue weighted by atomic mass is 32.1. The van der Waals surface area contributed by atoms with Crippen LogP contribution in [0.4, 0.5) is 0 Å². The summed E-state index contributed by atoms with van der Waals surface area (Å²) in [5.41, 5.74) is 0.794. The van der Waals surface area contributed by atoms with Gasteiger partial charge in [0, 0.05) is 27.5 Å². The van der Waals surface area contributed by atoms with E-state index in [4.69, 9.17) is 9.15 Å². The van der Waals surface area contributed by atoms with Crippen molar-refractivity contribution in [1.82, 2.24) is 0 Å². The van der Waals surface area contributed by atoms with Crippen molar-refractivity contribution in [2.45, 2.75) is 20.0 Å². The number of esters is 1. The molecule has 6 heteroatoms. The molecular formula is C17H14O5S. The first kappa shape index (κ1) is 15.3. The molecular weight excluding hydrogens is 316 g/mol. The number of hydrogen-bond acceptors (Lipinski definition) is 6. The van der Waals surface area contributed by atoms with Crippen LogP contribution in [-0.2, 0) is 22.6 Å². The molecule has 0 aliphatic heterocycles. The number of benzene rings is 1. The molecule has 0 saturated carbocycles. The molecule has 0 unspecified atom stereocenters. The second-order valence-corrected chi connectivity index (χ2v) is 6.13. The first-order chi connectivity index (χ1) is 11.0. The SMILES string of the molecule is Cc1c(O)ccc2c(COC(=O)Cc3cccs3)cc(=O)oc12. The first-order valence-electron chi connectivity index (χ1n) is 6.98. The molecule has 3 aromatic rings. The molecule has 0 amide bonds. The lowest BCUT2D eigenvalue weighted by molar-refractivity contribution is -0.144. The number of aryl methyl sites for hydroxylation is 1. The fourth-order valence-corrected chi connectivity index (χ4v) is 2.99. The summed E-state index contributed by atoms with van der Waals surface area (Å²) in [5.74, 6) is -0.308. The van der Waals surface area contributed by atoms with Crippen LogP contribution in [0.2, 0.25) is 0 Å². The van der Waals surface area contributed by atoms with Crippen molar-refractivity contribution in [3.63, 3.8) is 0 Å². The second kappa shape index (κ2) is 6.26. The van der Waals surface area contributed by atoms with Gasteiger partial charge in [0.05, 0.1) is 6.42 Å². The molecule has 2 heterocycles. The van der Waals surface area contributed by atoms with Gasteiger partial charge in [-0.2, -0.15) is 0 Å². The largest absolute Gasteiger partial charge is 0.508 e. The van der Waals surface area contributed by atoms with Crippen LogP contribution < -0.4 is 5.63 Å². The lowest BCUT2D eigenvalue weighted by Crippen LogP contribution is -2.09. The van der Waals surface area contributed by atoms with E-state index >= 15 is 0 Å². The van der Waals surface area contributed by atoms with E-state index in [1.54, 1.807) is 13.0 Å². The maximum atomic E-state index is 11.9. The van der Waals surface area contributed by atoms with Gasteiger partial charge in [-0.25, -0.2) is 4.79 Å². The Morgan fingerprint density at radius 2 is 2.17 bits per heavy atom. The molecule has 118 valence electrons. The minimum Gasteiger partial charge on any atom is -0.508 e. The van der Waals surface area contributed by atoms with E-state index in [2.05, 4.69) is 0 Å². The fourth-order valence-electron chi connectivity index (χ4n) is 2.30. The molecule has 0 saturated heterocycles. The quantitative estimate of drug-likeness (QED) is 0.587. The van der Waals surface area contributed by atoms with Crippen LogP contribution in [0.5, 0.6) is 5.75 Å². The van der Waals surface area contributed by atoms with Crippen LogP contribution in [0.25, 0.3) is 11.0 Å². The van der Waals surface area contributed by atoms with Crippen molar-refractivity contribution >= 4 is 28.3 Å². The third-order valence-corrected chi connectivity index (χ3v) is 4.38. The molecule has 0 aliphatic carbocycles. The molecule has 23 heavy (non-hydrogen) atoms. The Morgan fingerprint density at radius 3 is 2.91 bits per heavy atom. The van der Waals surface area contributed by atoms with Gasteiger partial charge in [-0.15, -0.1) is 11.3 Å². The number of fused-ring (bicyclic) bond motifs is 1. The predicted molar refractivity (Wildman–Crippen MR) is 86.7 cm³/mol. The van der Waals surface area contributed by atoms with Gasteiger partial charge >= 0.3 is 11.6 Å². The Labute approximate surface area is 135 Å². The number of carbonyl (C=O) groups excluding carboxylic acids is 1. The number of ether oxygens (including phenoxy) is 1. The normalized spacial score (nSPS) is 10.8. The summed E-state index contributed by atoms with van der Waals surface area (Å²) in [4.78, 5) is 24.5. The van der Waals surface area contributed by atoms with Crippen LogP contribution in [0.1, 0.15) is 16.0 Å². The average Bonchev–Trinajstić information content (AvgIpc) is 3.02. The van der Waals surface area contributed by atoms with E-state index in [9.17, 15) is 14.7 Å². The predicted octanol–water partition coefficient (Wildman–Crippen LogP) is 3.15. The molecule has 0 spiro atoms. The highest BCUT2D eigenvalue weighted by molar-refractivity contribution is 7.10. The summed E-state index contributed by atoms with van der Waals surface area (Å²) in [7, 11) is 0. The smallest absolute Gasteiger partial charge is 0.336 e. The highest BCUT2D eigenvalue weighted by Gasteiger charge is 2.13. The number of hydrogen-bond donors (Lipinski definition) is 1. The molecule has 1 N–H and O–H groups in total.